The van der Waals surface area contributed by atoms with Crippen LogP contribution < -0.4 is 19.4 Å². The zero-order chi connectivity index (χ0) is 26.1. The van der Waals surface area contributed by atoms with E-state index < -0.39 is 11.7 Å². The second-order valence-electron chi connectivity index (χ2n) is 9.33. The van der Waals surface area contributed by atoms with Gasteiger partial charge in [0.2, 0.25) is 0 Å². The minimum Gasteiger partial charge on any atom is -0.502 e. The molecule has 1 aliphatic rings. The largest absolute Gasteiger partial charge is 0.502 e. The van der Waals surface area contributed by atoms with Crippen molar-refractivity contribution >= 4 is 34.3 Å². The van der Waals surface area contributed by atoms with Gasteiger partial charge in [-0.25, -0.2) is 0 Å². The second-order valence-corrected chi connectivity index (χ2v) is 9.74. The molecule has 2 heterocycles. The molecule has 0 aliphatic carbocycles. The fourth-order valence-corrected chi connectivity index (χ4v) is 4.03. The lowest BCUT2D eigenvalue weighted by Crippen LogP contribution is -2.39. The van der Waals surface area contributed by atoms with Crippen LogP contribution >= 0.6 is 12.2 Å². The van der Waals surface area contributed by atoms with Gasteiger partial charge in [0.25, 0.3) is 5.70 Å². The number of anilines is 1. The Labute approximate surface area is 212 Å². The van der Waals surface area contributed by atoms with Crippen LogP contribution in [0.15, 0.2) is 67.0 Å². The average molecular weight is 516 g/mol. The van der Waals surface area contributed by atoms with Crippen molar-refractivity contribution < 1.29 is 32.3 Å². The summed E-state index contributed by atoms with van der Waals surface area (Å²) in [7, 11) is 0. The summed E-state index contributed by atoms with van der Waals surface area (Å²) in [4.78, 5) is 0.0372. The molecule has 0 amide bonds. The number of hydrogen-bond donors (Lipinski definition) is 2. The predicted octanol–water partition coefficient (Wildman–Crippen LogP) is 6.38. The summed E-state index contributed by atoms with van der Waals surface area (Å²) >= 11 is 5.59. The van der Waals surface area contributed by atoms with Crippen LogP contribution in [-0.2, 0) is 11.6 Å². The fourth-order valence-electron chi connectivity index (χ4n) is 3.71. The van der Waals surface area contributed by atoms with Gasteiger partial charge >= 0.3 is 6.18 Å². The Morgan fingerprint density at radius 1 is 0.917 bits per heavy atom. The lowest BCUT2D eigenvalue weighted by atomic mass is 9.88. The molecule has 188 valence electrons. The van der Waals surface area contributed by atoms with Crippen molar-refractivity contribution in [3.05, 3.63) is 83.7 Å². The monoisotopic (exact) mass is 515 g/mol. The summed E-state index contributed by atoms with van der Waals surface area (Å²) in [5.74, 6) is 0.866. The number of halogens is 3. The minimum atomic E-state index is -4.50. The molecule has 2 N–H and O–H groups in total. The number of fused-ring (bicyclic) bond motifs is 1. The summed E-state index contributed by atoms with van der Waals surface area (Å²) in [6.45, 7) is 7.05. The molecule has 0 fully saturated rings. The van der Waals surface area contributed by atoms with Crippen LogP contribution in [0.4, 0.5) is 18.9 Å². The van der Waals surface area contributed by atoms with E-state index in [1.165, 1.54) is 12.1 Å². The van der Waals surface area contributed by atoms with Crippen molar-refractivity contribution in [2.75, 3.05) is 18.5 Å². The van der Waals surface area contributed by atoms with Crippen molar-refractivity contribution in [2.45, 2.75) is 32.4 Å². The molecule has 0 spiro atoms. The Morgan fingerprint density at radius 2 is 1.58 bits per heavy atom. The third-order valence-corrected chi connectivity index (χ3v) is 5.95. The van der Waals surface area contributed by atoms with Crippen LogP contribution in [0.2, 0.25) is 0 Å². The molecule has 4 rings (SSSR count). The molecule has 1 aliphatic heterocycles. The van der Waals surface area contributed by atoms with Crippen molar-refractivity contribution in [1.82, 2.24) is 0 Å². The molecule has 3 aromatic rings. The van der Waals surface area contributed by atoms with Gasteiger partial charge < -0.3 is 19.9 Å². The summed E-state index contributed by atoms with van der Waals surface area (Å²) in [5, 5.41) is 14.2. The van der Waals surface area contributed by atoms with E-state index in [2.05, 4.69) is 26.1 Å². The smallest absolute Gasteiger partial charge is 0.416 e. The van der Waals surface area contributed by atoms with Gasteiger partial charge in [-0.2, -0.15) is 17.7 Å². The average Bonchev–Trinajstić information content (AvgIpc) is 2.83. The number of aliphatic hydroxyl groups is 1. The Hall–Kier alpha value is -3.59. The number of nitrogens with one attached hydrogen (secondary N) is 1. The summed E-state index contributed by atoms with van der Waals surface area (Å²) in [6.07, 6.45) is -0.989. The van der Waals surface area contributed by atoms with Crippen molar-refractivity contribution in [3.8, 4) is 11.5 Å². The number of alkyl halides is 3. The number of hydrogen-bond acceptors (Lipinski definition) is 4. The third-order valence-electron chi connectivity index (χ3n) is 5.66. The lowest BCUT2D eigenvalue weighted by molar-refractivity contribution is -0.575. The Morgan fingerprint density at radius 3 is 2.22 bits per heavy atom. The zero-order valence-corrected chi connectivity index (χ0v) is 20.8. The molecule has 9 heteroatoms. The molecule has 0 saturated heterocycles. The van der Waals surface area contributed by atoms with E-state index in [-0.39, 0.29) is 27.5 Å². The van der Waals surface area contributed by atoms with Crippen LogP contribution in [0.25, 0.3) is 11.5 Å². The summed E-state index contributed by atoms with van der Waals surface area (Å²) < 4.78 is 52.5. The molecule has 1 aromatic heterocycles. The molecule has 0 radical (unpaired) electrons. The molecule has 2 aromatic carbocycles. The topological polar surface area (TPSA) is 54.6 Å². The number of aromatic nitrogens is 1. The van der Waals surface area contributed by atoms with Crippen molar-refractivity contribution in [2.24, 2.45) is 0 Å². The quantitative estimate of drug-likeness (QED) is 0.183. The minimum absolute atomic E-state index is 0.0372. The Bertz CT molecular complexity index is 1310. The van der Waals surface area contributed by atoms with Crippen LogP contribution in [0.5, 0.6) is 11.5 Å². The van der Waals surface area contributed by atoms with Gasteiger partial charge in [-0.15, -0.1) is 0 Å². The summed E-state index contributed by atoms with van der Waals surface area (Å²) in [5.41, 5.74) is 0.911. The Balaban J connectivity index is 1.77. The number of rotatable bonds is 4. The molecular formula is C27H26F3N2O3S+. The van der Waals surface area contributed by atoms with Gasteiger partial charge in [-0.1, -0.05) is 39.1 Å². The van der Waals surface area contributed by atoms with E-state index in [0.29, 0.717) is 30.3 Å². The second kappa shape index (κ2) is 9.81. The maximum absolute atomic E-state index is 13.2. The number of thiocarbonyl (C=S) groups is 1. The standard InChI is InChI=1S/C27H25F3N2O3S/c1-26(2,3)18-9-11-32(12-10-18)23(24(33)17-7-8-21-22(15-17)35-14-13-34-21)25(36)31-20-6-4-5-19(16-20)27(28,29)30/h4-12,15-16H,13-14H2,1-3H3,(H-,31,33,36)/p+1. The highest BCUT2D eigenvalue weighted by atomic mass is 32.1. The first-order chi connectivity index (χ1) is 16.9. The number of pyridine rings is 1. The maximum Gasteiger partial charge on any atom is 0.416 e. The first-order valence-electron chi connectivity index (χ1n) is 11.3. The molecule has 0 saturated carbocycles. The van der Waals surface area contributed by atoms with E-state index in [9.17, 15) is 18.3 Å². The zero-order valence-electron chi connectivity index (χ0n) is 20.0. The number of nitrogens with zero attached hydrogens (tertiary/aromatic N) is 1. The highest BCUT2D eigenvalue weighted by Gasteiger charge is 2.31. The first-order valence-corrected chi connectivity index (χ1v) is 11.7. The van der Waals surface area contributed by atoms with Crippen LogP contribution in [0.3, 0.4) is 0 Å². The molecular weight excluding hydrogens is 489 g/mol. The van der Waals surface area contributed by atoms with Gasteiger partial charge in [-0.3, -0.25) is 0 Å². The van der Waals surface area contributed by atoms with Crippen molar-refractivity contribution in [1.29, 1.82) is 0 Å². The number of ether oxygens (including phenoxy) is 2. The normalized spacial score (nSPS) is 14.2. The number of benzene rings is 2. The van der Waals surface area contributed by atoms with Crippen molar-refractivity contribution in [3.63, 3.8) is 0 Å². The van der Waals surface area contributed by atoms with E-state index in [4.69, 9.17) is 21.7 Å². The SMILES string of the molecule is CC(C)(C)c1cc[n+](C(C(=S)Nc2cccc(C(F)(F)F)c2)=C(O)c2ccc3c(c2)OCCO3)cc1. The Kier molecular flexibility index (Phi) is 6.95. The molecule has 36 heavy (non-hydrogen) atoms. The molecule has 0 bridgehead atoms. The fraction of sp³-hybridized carbons (Fsp3) is 0.259. The highest BCUT2D eigenvalue weighted by molar-refractivity contribution is 7.81. The van der Waals surface area contributed by atoms with E-state index in [0.717, 1.165) is 17.7 Å². The van der Waals surface area contributed by atoms with Gasteiger partial charge in [0, 0.05) is 23.4 Å². The first kappa shape index (κ1) is 25.5. The number of aliphatic hydroxyl groups excluding tert-OH is 1. The van der Waals surface area contributed by atoms with Crippen LogP contribution in [0, 0.1) is 0 Å². The van der Waals surface area contributed by atoms with Gasteiger partial charge in [-0.05, 0) is 47.4 Å². The highest BCUT2D eigenvalue weighted by Crippen LogP contribution is 2.34. The lowest BCUT2D eigenvalue weighted by Gasteiger charge is -2.19. The molecule has 0 atom stereocenters. The maximum atomic E-state index is 13.2. The van der Waals surface area contributed by atoms with Gasteiger partial charge in [0.15, 0.2) is 34.6 Å². The molecule has 5 nitrogen and oxygen atoms in total. The third kappa shape index (κ3) is 5.62. The van der Waals surface area contributed by atoms with E-state index in [1.807, 2.05) is 12.1 Å². The van der Waals surface area contributed by atoms with E-state index in [1.54, 1.807) is 35.2 Å². The van der Waals surface area contributed by atoms with Gasteiger partial charge in [0.1, 0.15) is 13.2 Å². The predicted molar refractivity (Wildman–Crippen MR) is 136 cm³/mol. The van der Waals surface area contributed by atoms with Crippen LogP contribution in [0.1, 0.15) is 37.5 Å². The van der Waals surface area contributed by atoms with Crippen LogP contribution in [-0.4, -0.2) is 23.3 Å². The van der Waals surface area contributed by atoms with E-state index >= 15 is 0 Å². The van der Waals surface area contributed by atoms with Gasteiger partial charge in [0.05, 0.1) is 5.56 Å². The molecule has 0 unspecified atom stereocenters. The summed E-state index contributed by atoms with van der Waals surface area (Å²) in [6, 6.07) is 13.5.